The quantitative estimate of drug-likeness (QED) is 0.181. The summed E-state index contributed by atoms with van der Waals surface area (Å²) < 4.78 is 1.66. The van der Waals surface area contributed by atoms with Gasteiger partial charge < -0.3 is 5.32 Å². The lowest BCUT2D eigenvalue weighted by Crippen LogP contribution is -2.38. The first-order chi connectivity index (χ1) is 22.4. The standard InChI is InChI=1S/C40H29ClN4O/c1-40(43-2,28-16-10-5-11-17-28)29(25-42)24-34-35(23-18-26-12-6-3-7-13-26)45-38(44-34)31-21-22-33(41)37-30(27-14-8-4-9-15-27)19-20-32(36(31)37)39(45)46/h3-24,43H,1-2H3. The number of nitrogens with one attached hydrogen (secondary N) is 1. The topological polar surface area (TPSA) is 70.2 Å². The molecule has 46 heavy (non-hydrogen) atoms. The van der Waals surface area contributed by atoms with Crippen molar-refractivity contribution in [3.05, 3.63) is 159 Å². The summed E-state index contributed by atoms with van der Waals surface area (Å²) in [5.41, 5.74) is 4.94. The summed E-state index contributed by atoms with van der Waals surface area (Å²) in [5, 5.41) is 17.4. The molecular formula is C40H29ClN4O. The number of benzene rings is 5. The van der Waals surface area contributed by atoms with E-state index >= 15 is 0 Å². The van der Waals surface area contributed by atoms with Gasteiger partial charge in [-0.05, 0) is 66.6 Å². The van der Waals surface area contributed by atoms with E-state index in [0.29, 0.717) is 33.0 Å². The molecule has 0 bridgehead atoms. The minimum Gasteiger partial charge on any atom is -0.306 e. The van der Waals surface area contributed by atoms with Crippen LogP contribution in [0.4, 0.5) is 0 Å². The molecule has 0 saturated heterocycles. The predicted molar refractivity (Wildman–Crippen MR) is 190 cm³/mol. The van der Waals surface area contributed by atoms with Gasteiger partial charge in [-0.2, -0.15) is 5.26 Å². The van der Waals surface area contributed by atoms with E-state index in [1.807, 2.05) is 141 Å². The maximum atomic E-state index is 14.5. The first-order valence-corrected chi connectivity index (χ1v) is 15.4. The van der Waals surface area contributed by atoms with Crippen molar-refractivity contribution in [2.24, 2.45) is 0 Å². The summed E-state index contributed by atoms with van der Waals surface area (Å²) in [6.07, 6.45) is 5.65. The number of likely N-dealkylation sites (N-methyl/N-ethyl adjacent to an activating group) is 1. The van der Waals surface area contributed by atoms with Crippen LogP contribution in [0.3, 0.4) is 0 Å². The second-order valence-corrected chi connectivity index (χ2v) is 11.8. The Morgan fingerprint density at radius 1 is 0.848 bits per heavy atom. The van der Waals surface area contributed by atoms with E-state index in [4.69, 9.17) is 16.6 Å². The van der Waals surface area contributed by atoms with Crippen LogP contribution >= 0.6 is 11.6 Å². The maximum absolute atomic E-state index is 14.5. The zero-order valence-electron chi connectivity index (χ0n) is 25.3. The summed E-state index contributed by atoms with van der Waals surface area (Å²) >= 11 is 6.88. The Hall–Kier alpha value is -5.54. The molecule has 0 amide bonds. The lowest BCUT2D eigenvalue weighted by Gasteiger charge is -2.29. The number of rotatable bonds is 7. The fraction of sp³-hybridized carbons (Fsp3) is 0.0750. The van der Waals surface area contributed by atoms with E-state index in [1.165, 1.54) is 0 Å². The second kappa shape index (κ2) is 11.8. The van der Waals surface area contributed by atoms with E-state index in [2.05, 4.69) is 11.4 Å². The normalized spacial score (nSPS) is 13.5. The third-order valence-electron chi connectivity index (χ3n) is 8.84. The molecule has 7 aromatic rings. The van der Waals surface area contributed by atoms with Crippen LogP contribution in [0.25, 0.3) is 56.5 Å². The van der Waals surface area contributed by atoms with Crippen LogP contribution in [0.1, 0.15) is 29.4 Å². The summed E-state index contributed by atoms with van der Waals surface area (Å²) in [6, 6.07) is 39.8. The minimum atomic E-state index is -0.800. The van der Waals surface area contributed by atoms with Crippen molar-refractivity contribution >= 4 is 57.0 Å². The van der Waals surface area contributed by atoms with E-state index in [-0.39, 0.29) is 5.56 Å². The molecule has 5 nitrogen and oxygen atoms in total. The molecule has 6 heteroatoms. The average Bonchev–Trinajstić information content (AvgIpc) is 3.48. The zero-order chi connectivity index (χ0) is 31.8. The Morgan fingerprint density at radius 3 is 2.17 bits per heavy atom. The van der Waals surface area contributed by atoms with Crippen molar-refractivity contribution in [2.75, 3.05) is 7.05 Å². The number of imidazole rings is 1. The average molecular weight is 617 g/mol. The molecule has 0 saturated carbocycles. The fourth-order valence-electron chi connectivity index (χ4n) is 6.27. The molecule has 222 valence electrons. The Morgan fingerprint density at radius 2 is 1.50 bits per heavy atom. The molecule has 2 aromatic heterocycles. The van der Waals surface area contributed by atoms with Crippen molar-refractivity contribution in [3.63, 3.8) is 0 Å². The number of fused-ring (bicyclic) bond motifs is 2. The van der Waals surface area contributed by atoms with E-state index in [1.54, 1.807) is 10.5 Å². The van der Waals surface area contributed by atoms with Crippen LogP contribution in [0.15, 0.2) is 126 Å². The minimum absolute atomic E-state index is 0.202. The third kappa shape index (κ3) is 4.76. The molecule has 7 rings (SSSR count). The van der Waals surface area contributed by atoms with Crippen molar-refractivity contribution in [1.29, 1.82) is 5.26 Å². The second-order valence-electron chi connectivity index (χ2n) is 11.4. The highest BCUT2D eigenvalue weighted by Gasteiger charge is 2.30. The Kier molecular flexibility index (Phi) is 7.46. The number of nitriles is 1. The molecule has 0 radical (unpaired) electrons. The number of nitrogens with zero attached hydrogens (tertiary/aromatic N) is 3. The molecule has 0 aliphatic rings. The third-order valence-corrected chi connectivity index (χ3v) is 9.15. The molecule has 5 aromatic carbocycles. The first-order valence-electron chi connectivity index (χ1n) is 15.0. The fourth-order valence-corrected chi connectivity index (χ4v) is 6.53. The highest BCUT2D eigenvalue weighted by molar-refractivity contribution is 6.39. The Labute approximate surface area is 271 Å². The van der Waals surface area contributed by atoms with Gasteiger partial charge in [-0.25, -0.2) is 4.98 Å². The van der Waals surface area contributed by atoms with Gasteiger partial charge in [0.1, 0.15) is 5.65 Å². The molecule has 1 unspecified atom stereocenters. The molecule has 2 heterocycles. The maximum Gasteiger partial charge on any atom is 0.264 e. The monoisotopic (exact) mass is 616 g/mol. The first kappa shape index (κ1) is 29.2. The SMILES string of the molecule is CNC(C)(C(C#N)=Cc1nc2c3ccc(Cl)c4c(-c5ccccc5)ccc(c(=O)n2c1C=Cc1ccccc1)c43)c1ccccc1. The number of hydrogen-bond donors (Lipinski definition) is 1. The van der Waals surface area contributed by atoms with Crippen molar-refractivity contribution in [3.8, 4) is 17.2 Å². The number of pyridine rings is 1. The Bertz CT molecular complexity index is 2390. The van der Waals surface area contributed by atoms with Gasteiger partial charge in [0, 0.05) is 26.6 Å². The van der Waals surface area contributed by atoms with Crippen LogP contribution in [-0.2, 0) is 5.54 Å². The molecular weight excluding hydrogens is 588 g/mol. The van der Waals surface area contributed by atoms with E-state index < -0.39 is 5.54 Å². The van der Waals surface area contributed by atoms with Crippen molar-refractivity contribution < 1.29 is 0 Å². The van der Waals surface area contributed by atoms with Gasteiger partial charge in [-0.15, -0.1) is 0 Å². The number of aromatic nitrogens is 2. The Balaban J connectivity index is 1.56. The van der Waals surface area contributed by atoms with Crippen LogP contribution in [0.2, 0.25) is 5.02 Å². The number of hydrogen-bond acceptors (Lipinski definition) is 4. The van der Waals surface area contributed by atoms with Gasteiger partial charge in [-0.3, -0.25) is 9.20 Å². The van der Waals surface area contributed by atoms with Crippen LogP contribution in [0.5, 0.6) is 0 Å². The molecule has 0 aliphatic carbocycles. The van der Waals surface area contributed by atoms with Crippen LogP contribution in [-0.4, -0.2) is 16.4 Å². The molecule has 1 N–H and O–H groups in total. The number of halogens is 1. The molecule has 0 spiro atoms. The van der Waals surface area contributed by atoms with Crippen molar-refractivity contribution in [2.45, 2.75) is 12.5 Å². The van der Waals surface area contributed by atoms with Gasteiger partial charge in [0.15, 0.2) is 0 Å². The van der Waals surface area contributed by atoms with E-state index in [9.17, 15) is 10.1 Å². The van der Waals surface area contributed by atoms with Crippen LogP contribution in [0, 0.1) is 11.3 Å². The van der Waals surface area contributed by atoms with Crippen molar-refractivity contribution in [1.82, 2.24) is 14.7 Å². The smallest absolute Gasteiger partial charge is 0.264 e. The van der Waals surface area contributed by atoms with Crippen LogP contribution < -0.4 is 10.9 Å². The summed E-state index contributed by atoms with van der Waals surface area (Å²) in [5.74, 6) is 0. The van der Waals surface area contributed by atoms with Gasteiger partial charge in [0.2, 0.25) is 0 Å². The molecule has 1 atom stereocenters. The van der Waals surface area contributed by atoms with Gasteiger partial charge in [0.05, 0.1) is 28.6 Å². The zero-order valence-corrected chi connectivity index (χ0v) is 26.1. The summed E-state index contributed by atoms with van der Waals surface area (Å²) in [7, 11) is 1.83. The van der Waals surface area contributed by atoms with E-state index in [0.717, 1.165) is 38.4 Å². The van der Waals surface area contributed by atoms with Gasteiger partial charge in [0.25, 0.3) is 5.56 Å². The molecule has 0 fully saturated rings. The highest BCUT2D eigenvalue weighted by atomic mass is 35.5. The highest BCUT2D eigenvalue weighted by Crippen LogP contribution is 2.40. The summed E-state index contributed by atoms with van der Waals surface area (Å²) in [4.78, 5) is 19.6. The lowest BCUT2D eigenvalue weighted by atomic mass is 9.84. The largest absolute Gasteiger partial charge is 0.306 e. The molecule has 0 aliphatic heterocycles. The van der Waals surface area contributed by atoms with Gasteiger partial charge in [-0.1, -0.05) is 115 Å². The van der Waals surface area contributed by atoms with Gasteiger partial charge >= 0.3 is 0 Å². The summed E-state index contributed by atoms with van der Waals surface area (Å²) in [6.45, 7) is 1.97. The lowest BCUT2D eigenvalue weighted by molar-refractivity contribution is 0.488. The predicted octanol–water partition coefficient (Wildman–Crippen LogP) is 8.97.